The van der Waals surface area contributed by atoms with E-state index in [-0.39, 0.29) is 6.04 Å². The minimum Gasteiger partial charge on any atom is -0.486 e. The van der Waals surface area contributed by atoms with Crippen molar-refractivity contribution in [2.45, 2.75) is 32.9 Å². The Bertz CT molecular complexity index is 867. The number of ether oxygens (including phenoxy) is 1. The number of benzene rings is 1. The molecule has 0 spiro atoms. The lowest BCUT2D eigenvalue weighted by molar-refractivity contribution is 0.271. The number of nitrogens with zero attached hydrogens (tertiary/aromatic N) is 2. The van der Waals surface area contributed by atoms with Gasteiger partial charge in [-0.2, -0.15) is 5.10 Å². The van der Waals surface area contributed by atoms with E-state index in [0.29, 0.717) is 23.0 Å². The molecule has 5 nitrogen and oxygen atoms in total. The van der Waals surface area contributed by atoms with Crippen LogP contribution in [0.3, 0.4) is 0 Å². The van der Waals surface area contributed by atoms with Crippen molar-refractivity contribution >= 4 is 28.1 Å². The van der Waals surface area contributed by atoms with E-state index in [1.807, 2.05) is 41.0 Å². The Balaban J connectivity index is 1.76. The third kappa shape index (κ3) is 3.62. The SMILES string of the molecule is CCC(C)n1c(-c2ccc(COc3ccc(Br)cc3)o2)n[nH]c1=S. The molecule has 0 fully saturated rings. The maximum atomic E-state index is 5.88. The topological polar surface area (TPSA) is 56.0 Å². The minimum atomic E-state index is 0.249. The van der Waals surface area contributed by atoms with Gasteiger partial charge in [-0.3, -0.25) is 9.67 Å². The summed E-state index contributed by atoms with van der Waals surface area (Å²) in [5.41, 5.74) is 0. The molecule has 1 N–H and O–H groups in total. The van der Waals surface area contributed by atoms with Crippen LogP contribution < -0.4 is 4.74 Å². The highest BCUT2D eigenvalue weighted by Gasteiger charge is 2.16. The van der Waals surface area contributed by atoms with Crippen LogP contribution in [0.1, 0.15) is 32.1 Å². The third-order valence-corrected chi connectivity index (χ3v) is 4.63. The van der Waals surface area contributed by atoms with E-state index in [9.17, 15) is 0 Å². The molecule has 1 unspecified atom stereocenters. The number of hydrogen-bond donors (Lipinski definition) is 1. The fourth-order valence-electron chi connectivity index (χ4n) is 2.33. The zero-order valence-electron chi connectivity index (χ0n) is 13.5. The van der Waals surface area contributed by atoms with Crippen LogP contribution in [0, 0.1) is 4.77 Å². The highest BCUT2D eigenvalue weighted by molar-refractivity contribution is 9.10. The van der Waals surface area contributed by atoms with Gasteiger partial charge in [-0.05, 0) is 62.0 Å². The quantitative estimate of drug-likeness (QED) is 0.546. The summed E-state index contributed by atoms with van der Waals surface area (Å²) >= 11 is 8.72. The van der Waals surface area contributed by atoms with Crippen LogP contribution in [0.4, 0.5) is 0 Å². The normalized spacial score (nSPS) is 12.3. The zero-order valence-corrected chi connectivity index (χ0v) is 15.9. The van der Waals surface area contributed by atoms with E-state index in [1.54, 1.807) is 0 Å². The van der Waals surface area contributed by atoms with Crippen molar-refractivity contribution in [3.8, 4) is 17.3 Å². The number of H-pyrrole nitrogens is 1. The van der Waals surface area contributed by atoms with Gasteiger partial charge in [0.05, 0.1) is 0 Å². The average Bonchev–Trinajstić information content (AvgIpc) is 3.20. The van der Waals surface area contributed by atoms with E-state index in [0.717, 1.165) is 22.4 Å². The summed E-state index contributed by atoms with van der Waals surface area (Å²) in [4.78, 5) is 0. The molecule has 0 aliphatic rings. The Morgan fingerprint density at radius 1 is 1.29 bits per heavy atom. The van der Waals surface area contributed by atoms with E-state index in [4.69, 9.17) is 21.4 Å². The van der Waals surface area contributed by atoms with Crippen LogP contribution in [0.25, 0.3) is 11.6 Å². The lowest BCUT2D eigenvalue weighted by Gasteiger charge is -2.11. The first-order valence-corrected chi connectivity index (χ1v) is 8.93. The van der Waals surface area contributed by atoms with E-state index >= 15 is 0 Å². The van der Waals surface area contributed by atoms with Gasteiger partial charge < -0.3 is 9.15 Å². The molecule has 3 rings (SSSR count). The van der Waals surface area contributed by atoms with Crippen LogP contribution in [-0.4, -0.2) is 14.8 Å². The summed E-state index contributed by atoms with van der Waals surface area (Å²) in [6.07, 6.45) is 0.959. The Hall–Kier alpha value is -1.86. The molecule has 2 aromatic heterocycles. The number of rotatable bonds is 6. The van der Waals surface area contributed by atoms with Crippen molar-refractivity contribution in [3.05, 3.63) is 51.4 Å². The number of furan rings is 1. The summed E-state index contributed by atoms with van der Waals surface area (Å²) in [6, 6.07) is 11.7. The third-order valence-electron chi connectivity index (χ3n) is 3.81. The first-order valence-electron chi connectivity index (χ1n) is 7.73. The smallest absolute Gasteiger partial charge is 0.198 e. The molecule has 3 aromatic rings. The molecule has 0 aliphatic heterocycles. The zero-order chi connectivity index (χ0) is 17.1. The van der Waals surface area contributed by atoms with E-state index in [2.05, 4.69) is 40.0 Å². The lowest BCUT2D eigenvalue weighted by Crippen LogP contribution is -2.05. The number of aromatic nitrogens is 3. The second-order valence-electron chi connectivity index (χ2n) is 5.49. The molecule has 24 heavy (non-hydrogen) atoms. The predicted octanol–water partition coefficient (Wildman–Crippen LogP) is 5.51. The molecule has 0 bridgehead atoms. The summed E-state index contributed by atoms with van der Waals surface area (Å²) in [6.45, 7) is 4.58. The molecular weight excluding hydrogens is 390 g/mol. The van der Waals surface area contributed by atoms with Gasteiger partial charge in [-0.1, -0.05) is 22.9 Å². The van der Waals surface area contributed by atoms with Gasteiger partial charge in [0.15, 0.2) is 16.4 Å². The van der Waals surface area contributed by atoms with Crippen molar-refractivity contribution in [1.82, 2.24) is 14.8 Å². The maximum absolute atomic E-state index is 5.88. The van der Waals surface area contributed by atoms with Crippen molar-refractivity contribution in [3.63, 3.8) is 0 Å². The van der Waals surface area contributed by atoms with Crippen molar-refractivity contribution in [2.24, 2.45) is 0 Å². The van der Waals surface area contributed by atoms with Crippen molar-refractivity contribution < 1.29 is 9.15 Å². The van der Waals surface area contributed by atoms with E-state index in [1.165, 1.54) is 0 Å². The largest absolute Gasteiger partial charge is 0.486 e. The van der Waals surface area contributed by atoms with E-state index < -0.39 is 0 Å². The summed E-state index contributed by atoms with van der Waals surface area (Å²) in [5.74, 6) is 2.91. The minimum absolute atomic E-state index is 0.249. The lowest BCUT2D eigenvalue weighted by atomic mass is 10.2. The van der Waals surface area contributed by atoms with Crippen molar-refractivity contribution in [1.29, 1.82) is 0 Å². The molecule has 0 aliphatic carbocycles. The summed E-state index contributed by atoms with van der Waals surface area (Å²) in [7, 11) is 0. The maximum Gasteiger partial charge on any atom is 0.198 e. The standard InChI is InChI=1S/C17H18BrN3O2S/c1-3-11(2)21-16(19-20-17(21)24)15-9-8-14(23-15)10-22-13-6-4-12(18)5-7-13/h4-9,11H,3,10H2,1-2H3,(H,20,24). The van der Waals surface area contributed by atoms with Crippen LogP contribution in [0.5, 0.6) is 5.75 Å². The fourth-order valence-corrected chi connectivity index (χ4v) is 2.91. The van der Waals surface area contributed by atoms with Crippen LogP contribution in [0.15, 0.2) is 45.3 Å². The van der Waals surface area contributed by atoms with Gasteiger partial charge >= 0.3 is 0 Å². The van der Waals surface area contributed by atoms with Crippen LogP contribution >= 0.6 is 28.1 Å². The molecule has 7 heteroatoms. The molecular formula is C17H18BrN3O2S. The highest BCUT2D eigenvalue weighted by atomic mass is 79.9. The number of aromatic amines is 1. The molecule has 0 radical (unpaired) electrons. The Labute approximate surface area is 153 Å². The van der Waals surface area contributed by atoms with Gasteiger partial charge in [0, 0.05) is 10.5 Å². The average molecular weight is 408 g/mol. The second kappa shape index (κ2) is 7.36. The van der Waals surface area contributed by atoms with Crippen molar-refractivity contribution in [2.75, 3.05) is 0 Å². The highest BCUT2D eigenvalue weighted by Crippen LogP contribution is 2.25. The monoisotopic (exact) mass is 407 g/mol. The summed E-state index contributed by atoms with van der Waals surface area (Å²) in [5, 5.41) is 7.15. The van der Waals surface area contributed by atoms with Crippen LogP contribution in [0.2, 0.25) is 0 Å². The molecule has 126 valence electrons. The summed E-state index contributed by atoms with van der Waals surface area (Å²) < 4.78 is 15.2. The number of nitrogens with one attached hydrogen (secondary N) is 1. The Morgan fingerprint density at radius 3 is 2.75 bits per heavy atom. The Morgan fingerprint density at radius 2 is 2.04 bits per heavy atom. The van der Waals surface area contributed by atoms with Gasteiger partial charge in [-0.15, -0.1) is 0 Å². The Kier molecular flexibility index (Phi) is 5.20. The van der Waals surface area contributed by atoms with Gasteiger partial charge in [0.1, 0.15) is 18.1 Å². The first-order chi connectivity index (χ1) is 11.6. The van der Waals surface area contributed by atoms with Gasteiger partial charge in [-0.25, -0.2) is 0 Å². The van der Waals surface area contributed by atoms with Gasteiger partial charge in [0.2, 0.25) is 0 Å². The van der Waals surface area contributed by atoms with Crippen LogP contribution in [-0.2, 0) is 6.61 Å². The number of hydrogen-bond acceptors (Lipinski definition) is 4. The molecule has 0 saturated carbocycles. The molecule has 2 heterocycles. The second-order valence-corrected chi connectivity index (χ2v) is 6.79. The first kappa shape index (κ1) is 17.0. The number of halogens is 1. The molecule has 1 aromatic carbocycles. The molecule has 1 atom stereocenters. The van der Waals surface area contributed by atoms with Gasteiger partial charge in [0.25, 0.3) is 0 Å². The predicted molar refractivity (Wildman–Crippen MR) is 98.6 cm³/mol. The molecule has 0 amide bonds. The fraction of sp³-hybridized carbons (Fsp3) is 0.294. The molecule has 0 saturated heterocycles.